The molecule has 0 radical (unpaired) electrons. The van der Waals surface area contributed by atoms with Crippen molar-refractivity contribution in [3.8, 4) is 0 Å². The summed E-state index contributed by atoms with van der Waals surface area (Å²) in [5.41, 5.74) is 2.03. The third kappa shape index (κ3) is 5.33. The predicted octanol–water partition coefficient (Wildman–Crippen LogP) is 4.23. The third-order valence-corrected chi connectivity index (χ3v) is 4.04. The summed E-state index contributed by atoms with van der Waals surface area (Å²) >= 11 is 5.74. The van der Waals surface area contributed by atoms with E-state index in [4.69, 9.17) is 16.3 Å². The smallest absolute Gasteiger partial charge is 0.243 e. The van der Waals surface area contributed by atoms with Crippen molar-refractivity contribution in [2.45, 2.75) is 40.0 Å². The molecular weight excluding hydrogens is 286 g/mol. The van der Waals surface area contributed by atoms with Crippen LogP contribution >= 0.6 is 11.6 Å². The van der Waals surface area contributed by atoms with Gasteiger partial charge in [-0.3, -0.25) is 9.69 Å². The van der Waals surface area contributed by atoms with Gasteiger partial charge in [0.25, 0.3) is 0 Å². The molecule has 0 aromatic heterocycles. The summed E-state index contributed by atoms with van der Waals surface area (Å²) in [6.07, 6.45) is 3.05. The molecule has 0 aliphatic rings. The highest BCUT2D eigenvalue weighted by Gasteiger charge is 2.17. The quantitative estimate of drug-likeness (QED) is 0.504. The molecule has 3 nitrogen and oxygen atoms in total. The van der Waals surface area contributed by atoms with Gasteiger partial charge in [-0.05, 0) is 24.0 Å². The Morgan fingerprint density at radius 1 is 1.24 bits per heavy atom. The molecule has 118 valence electrons. The molecule has 21 heavy (non-hydrogen) atoms. The summed E-state index contributed by atoms with van der Waals surface area (Å²) in [6.45, 7) is 7.33. The van der Waals surface area contributed by atoms with E-state index in [0.717, 1.165) is 30.5 Å². The average molecular weight is 312 g/mol. The molecule has 0 spiro atoms. The number of halogens is 1. The van der Waals surface area contributed by atoms with E-state index in [0.29, 0.717) is 12.5 Å². The van der Waals surface area contributed by atoms with E-state index in [-0.39, 0.29) is 18.5 Å². The van der Waals surface area contributed by atoms with Crippen molar-refractivity contribution in [2.75, 3.05) is 24.1 Å². The molecule has 0 aliphatic heterocycles. The molecule has 4 heteroatoms. The van der Waals surface area contributed by atoms with Crippen LogP contribution in [0, 0.1) is 5.92 Å². The number of carbonyl (C=O) groups excluding carboxylic acids is 1. The van der Waals surface area contributed by atoms with Crippen LogP contribution in [0.2, 0.25) is 0 Å². The second kappa shape index (κ2) is 9.80. The van der Waals surface area contributed by atoms with Gasteiger partial charge in [-0.15, -0.1) is 11.6 Å². The van der Waals surface area contributed by atoms with Gasteiger partial charge in [0.2, 0.25) is 5.91 Å². The van der Waals surface area contributed by atoms with Gasteiger partial charge < -0.3 is 4.74 Å². The Bertz CT molecular complexity index is 433. The summed E-state index contributed by atoms with van der Waals surface area (Å²) in [5.74, 6) is 0.383. The first-order valence-electron chi connectivity index (χ1n) is 7.69. The monoisotopic (exact) mass is 311 g/mol. The lowest BCUT2D eigenvalue weighted by atomic mass is 10.1. The van der Waals surface area contributed by atoms with E-state index >= 15 is 0 Å². The molecule has 0 unspecified atom stereocenters. The predicted molar refractivity (Wildman–Crippen MR) is 88.9 cm³/mol. The Labute approximate surface area is 133 Å². The van der Waals surface area contributed by atoms with Gasteiger partial charge in [-0.2, -0.15) is 0 Å². The Balaban J connectivity index is 2.79. The lowest BCUT2D eigenvalue weighted by molar-refractivity contribution is -0.117. The molecule has 0 saturated heterocycles. The molecule has 1 aromatic carbocycles. The highest BCUT2D eigenvalue weighted by atomic mass is 35.5. The number of anilines is 1. The van der Waals surface area contributed by atoms with Crippen LogP contribution in [0.25, 0.3) is 0 Å². The number of hydrogen-bond donors (Lipinski definition) is 0. The molecule has 0 fully saturated rings. The largest absolute Gasteiger partial charge is 0.360 e. The average Bonchev–Trinajstić information content (AvgIpc) is 2.54. The van der Waals surface area contributed by atoms with Gasteiger partial charge in [0.1, 0.15) is 12.6 Å². The number of alkyl halides is 1. The number of benzene rings is 1. The normalized spacial score (nSPS) is 10.9. The van der Waals surface area contributed by atoms with E-state index in [1.54, 1.807) is 4.90 Å². The molecule has 0 saturated carbocycles. The first-order valence-corrected chi connectivity index (χ1v) is 8.23. The van der Waals surface area contributed by atoms with Gasteiger partial charge in [0.15, 0.2) is 0 Å². The zero-order valence-electron chi connectivity index (χ0n) is 13.3. The van der Waals surface area contributed by atoms with Crippen molar-refractivity contribution in [1.82, 2.24) is 0 Å². The van der Waals surface area contributed by atoms with Gasteiger partial charge in [0.05, 0.1) is 6.61 Å². The molecule has 0 bridgehead atoms. The summed E-state index contributed by atoms with van der Waals surface area (Å²) in [6, 6.07) is 7.90. The number of carbonyl (C=O) groups is 1. The number of aryl methyl sites for hydroxylation is 1. The fourth-order valence-corrected chi connectivity index (χ4v) is 2.40. The SMILES string of the molecule is CCc1ccccc1N(COCC(CC)CC)C(=O)CCl. The van der Waals surface area contributed by atoms with Crippen molar-refractivity contribution >= 4 is 23.2 Å². The second-order valence-corrected chi connectivity index (χ2v) is 5.39. The van der Waals surface area contributed by atoms with Crippen LogP contribution in [0.4, 0.5) is 5.69 Å². The minimum absolute atomic E-state index is 0.0353. The van der Waals surface area contributed by atoms with Gasteiger partial charge >= 0.3 is 0 Å². The molecule has 0 heterocycles. The van der Waals surface area contributed by atoms with Crippen molar-refractivity contribution in [3.63, 3.8) is 0 Å². The van der Waals surface area contributed by atoms with E-state index in [2.05, 4.69) is 20.8 Å². The number of rotatable bonds is 9. The van der Waals surface area contributed by atoms with Crippen LogP contribution in [-0.2, 0) is 16.0 Å². The fraction of sp³-hybridized carbons (Fsp3) is 0.588. The summed E-state index contributed by atoms with van der Waals surface area (Å²) in [4.78, 5) is 13.8. The second-order valence-electron chi connectivity index (χ2n) is 5.12. The molecule has 0 aliphatic carbocycles. The molecule has 0 atom stereocenters. The zero-order chi connectivity index (χ0) is 15.7. The molecule has 1 amide bonds. The van der Waals surface area contributed by atoms with Crippen molar-refractivity contribution < 1.29 is 9.53 Å². The van der Waals surface area contributed by atoms with E-state index < -0.39 is 0 Å². The molecular formula is C17H26ClNO2. The number of nitrogens with zero attached hydrogens (tertiary/aromatic N) is 1. The summed E-state index contributed by atoms with van der Waals surface area (Å²) in [7, 11) is 0. The van der Waals surface area contributed by atoms with E-state index in [9.17, 15) is 4.79 Å². The maximum Gasteiger partial charge on any atom is 0.243 e. The minimum Gasteiger partial charge on any atom is -0.360 e. The van der Waals surface area contributed by atoms with Gasteiger partial charge in [-0.1, -0.05) is 51.8 Å². The van der Waals surface area contributed by atoms with Crippen LogP contribution in [-0.4, -0.2) is 25.1 Å². The van der Waals surface area contributed by atoms with Crippen LogP contribution in [0.5, 0.6) is 0 Å². The van der Waals surface area contributed by atoms with Gasteiger partial charge in [-0.25, -0.2) is 0 Å². The highest BCUT2D eigenvalue weighted by molar-refractivity contribution is 6.29. The number of hydrogen-bond acceptors (Lipinski definition) is 2. The Morgan fingerprint density at radius 3 is 2.48 bits per heavy atom. The van der Waals surface area contributed by atoms with Crippen molar-refractivity contribution in [2.24, 2.45) is 5.92 Å². The van der Waals surface area contributed by atoms with Crippen LogP contribution < -0.4 is 4.90 Å². The van der Waals surface area contributed by atoms with Crippen molar-refractivity contribution in [1.29, 1.82) is 0 Å². The summed E-state index contributed by atoms with van der Waals surface area (Å²) in [5, 5.41) is 0. The maximum atomic E-state index is 12.1. The Morgan fingerprint density at radius 2 is 1.90 bits per heavy atom. The maximum absolute atomic E-state index is 12.1. The number of ether oxygens (including phenoxy) is 1. The minimum atomic E-state index is -0.123. The molecule has 1 aromatic rings. The Hall–Kier alpha value is -1.06. The van der Waals surface area contributed by atoms with Crippen molar-refractivity contribution in [3.05, 3.63) is 29.8 Å². The van der Waals surface area contributed by atoms with E-state index in [1.807, 2.05) is 24.3 Å². The molecule has 1 rings (SSSR count). The summed E-state index contributed by atoms with van der Waals surface area (Å²) < 4.78 is 5.76. The molecule has 0 N–H and O–H groups in total. The fourth-order valence-electron chi connectivity index (χ4n) is 2.26. The standard InChI is InChI=1S/C17H26ClNO2/c1-4-14(5-2)12-21-13-19(17(20)11-18)16-10-8-7-9-15(16)6-3/h7-10,14H,4-6,11-13H2,1-3H3. The van der Waals surface area contributed by atoms with Crippen LogP contribution in [0.3, 0.4) is 0 Å². The van der Waals surface area contributed by atoms with Crippen LogP contribution in [0.1, 0.15) is 39.2 Å². The van der Waals surface area contributed by atoms with Crippen LogP contribution in [0.15, 0.2) is 24.3 Å². The zero-order valence-corrected chi connectivity index (χ0v) is 14.0. The first kappa shape index (κ1) is 18.0. The highest BCUT2D eigenvalue weighted by Crippen LogP contribution is 2.21. The third-order valence-electron chi connectivity index (χ3n) is 3.81. The number of para-hydroxylation sites is 1. The number of amides is 1. The Kier molecular flexibility index (Phi) is 8.40. The first-order chi connectivity index (χ1) is 10.2. The lowest BCUT2D eigenvalue weighted by Crippen LogP contribution is -2.35. The lowest BCUT2D eigenvalue weighted by Gasteiger charge is -2.25. The topological polar surface area (TPSA) is 29.5 Å². The van der Waals surface area contributed by atoms with E-state index in [1.165, 1.54) is 0 Å². The van der Waals surface area contributed by atoms with Gasteiger partial charge in [0, 0.05) is 5.69 Å².